The lowest BCUT2D eigenvalue weighted by atomic mass is 9.82. The summed E-state index contributed by atoms with van der Waals surface area (Å²) in [4.78, 5) is 2.33. The molecular weight excluding hydrogens is 727 g/mol. The summed E-state index contributed by atoms with van der Waals surface area (Å²) < 4.78 is 86.2. The van der Waals surface area contributed by atoms with E-state index in [1.807, 2.05) is 24.3 Å². The van der Waals surface area contributed by atoms with Gasteiger partial charge in [0, 0.05) is 43.7 Å². The van der Waals surface area contributed by atoms with Crippen LogP contribution in [0.2, 0.25) is 0 Å². The number of benzene rings is 9. The lowest BCUT2D eigenvalue weighted by Gasteiger charge is -2.30. The molecule has 9 aromatic carbocycles. The van der Waals surface area contributed by atoms with E-state index in [4.69, 9.17) is 11.3 Å². The molecule has 286 valence electrons. The van der Waals surface area contributed by atoms with Crippen LogP contribution in [0.3, 0.4) is 0 Å². The molecule has 0 fully saturated rings. The van der Waals surface area contributed by atoms with Gasteiger partial charge in [-0.2, -0.15) is 0 Å². The second kappa shape index (κ2) is 12.7. The zero-order valence-corrected chi connectivity index (χ0v) is 33.6. The monoisotopic (exact) mass is 778 g/mol. The van der Waals surface area contributed by atoms with Crippen LogP contribution < -0.4 is 4.90 Å². The molecule has 60 heavy (non-hydrogen) atoms. The third kappa shape index (κ3) is 4.94. The molecule has 0 spiro atoms. The maximum absolute atomic E-state index is 9.45. The second-order valence-electron chi connectivity index (χ2n) is 17.0. The molecule has 10 aromatic rings. The number of nitrogens with zero attached hydrogens (tertiary/aromatic N) is 1. The van der Waals surface area contributed by atoms with E-state index in [1.54, 1.807) is 12.1 Å². The van der Waals surface area contributed by atoms with Gasteiger partial charge in [-0.15, -0.1) is 0 Å². The highest BCUT2D eigenvalue weighted by Crippen LogP contribution is 2.54. The highest BCUT2D eigenvalue weighted by Gasteiger charge is 2.38. The smallest absolute Gasteiger partial charge is 0.143 e. The number of furan rings is 1. The van der Waals surface area contributed by atoms with Gasteiger partial charge in [0.05, 0.1) is 18.0 Å². The minimum Gasteiger partial charge on any atom is -0.455 e. The molecule has 0 aliphatic heterocycles. The van der Waals surface area contributed by atoms with Crippen molar-refractivity contribution in [3.05, 3.63) is 210 Å². The Kier molecular flexibility index (Phi) is 5.65. The summed E-state index contributed by atoms with van der Waals surface area (Å²) in [6.07, 6.45) is 0. The summed E-state index contributed by atoms with van der Waals surface area (Å²) >= 11 is 0. The molecule has 2 aliphatic rings. The fraction of sp³-hybridized carbons (Fsp3) is 0.103. The van der Waals surface area contributed by atoms with E-state index in [0.717, 1.165) is 27.8 Å². The van der Waals surface area contributed by atoms with E-state index in [-0.39, 0.29) is 27.5 Å². The Bertz CT molecular complexity index is 3760. The molecule has 2 nitrogen and oxygen atoms in total. The van der Waals surface area contributed by atoms with Gasteiger partial charge in [0.2, 0.25) is 0 Å². The minimum atomic E-state index is -0.624. The molecule has 0 saturated carbocycles. The highest BCUT2D eigenvalue weighted by atomic mass is 16.3. The molecule has 0 radical (unpaired) electrons. The van der Waals surface area contributed by atoms with E-state index in [2.05, 4.69) is 130 Å². The predicted octanol–water partition coefficient (Wildman–Crippen LogP) is 16.2. The first-order chi connectivity index (χ1) is 33.0. The first kappa shape index (κ1) is 26.8. The number of hydrogen-bond acceptors (Lipinski definition) is 2. The number of rotatable bonds is 5. The third-order valence-corrected chi connectivity index (χ3v) is 13.0. The van der Waals surface area contributed by atoms with Crippen molar-refractivity contribution < 1.29 is 16.8 Å². The topological polar surface area (TPSA) is 16.4 Å². The molecule has 0 N–H and O–H groups in total. The molecule has 0 atom stereocenters. The maximum Gasteiger partial charge on any atom is 0.143 e. The van der Waals surface area contributed by atoms with Crippen molar-refractivity contribution in [3.63, 3.8) is 0 Å². The average molecular weight is 779 g/mol. The van der Waals surface area contributed by atoms with Crippen LogP contribution in [-0.2, 0) is 10.8 Å². The molecular formula is C58H43NO. The predicted molar refractivity (Wildman–Crippen MR) is 252 cm³/mol. The Hall–Kier alpha value is -7.16. The molecule has 2 heteroatoms. The Morgan fingerprint density at radius 1 is 0.433 bits per heavy atom. The largest absolute Gasteiger partial charge is 0.455 e. The summed E-state index contributed by atoms with van der Waals surface area (Å²) in [7, 11) is 0. The van der Waals surface area contributed by atoms with E-state index < -0.39 is 54.4 Å². The maximum atomic E-state index is 9.45. The van der Waals surface area contributed by atoms with Gasteiger partial charge in [0.1, 0.15) is 11.2 Å². The molecule has 0 amide bonds. The van der Waals surface area contributed by atoms with Gasteiger partial charge in [-0.25, -0.2) is 0 Å². The summed E-state index contributed by atoms with van der Waals surface area (Å²) in [6.45, 7) is 9.13. The van der Waals surface area contributed by atoms with Crippen LogP contribution in [0.25, 0.3) is 77.2 Å². The molecule has 0 unspecified atom stereocenters. The van der Waals surface area contributed by atoms with Crippen molar-refractivity contribution in [2.45, 2.75) is 38.5 Å². The quantitative estimate of drug-likeness (QED) is 0.173. The normalized spacial score (nSPS) is 16.4. The molecule has 0 bridgehead atoms. The summed E-state index contributed by atoms with van der Waals surface area (Å²) in [5, 5.41) is 3.07. The Morgan fingerprint density at radius 2 is 0.950 bits per heavy atom. The Balaban J connectivity index is 1.14. The minimum absolute atomic E-state index is 0.00169. The van der Waals surface area contributed by atoms with Crippen LogP contribution in [0.15, 0.2) is 192 Å². The van der Waals surface area contributed by atoms with Gasteiger partial charge in [-0.3, -0.25) is 0 Å². The van der Waals surface area contributed by atoms with Crippen molar-refractivity contribution >= 4 is 49.8 Å². The fourth-order valence-corrected chi connectivity index (χ4v) is 10.1. The number of fused-ring (bicyclic) bond motifs is 11. The summed E-state index contributed by atoms with van der Waals surface area (Å²) in [5.74, 6) is 0. The molecule has 1 heterocycles. The van der Waals surface area contributed by atoms with Gasteiger partial charge in [-0.1, -0.05) is 179 Å². The lowest BCUT2D eigenvalue weighted by Crippen LogP contribution is -2.18. The summed E-state index contributed by atoms with van der Waals surface area (Å²) in [6, 6.07) is 41.4. The van der Waals surface area contributed by atoms with Crippen LogP contribution in [-0.4, -0.2) is 0 Å². The first-order valence-corrected chi connectivity index (χ1v) is 20.4. The van der Waals surface area contributed by atoms with E-state index in [0.29, 0.717) is 27.5 Å². The molecule has 0 saturated heterocycles. The van der Waals surface area contributed by atoms with E-state index in [9.17, 15) is 5.48 Å². The van der Waals surface area contributed by atoms with Crippen molar-refractivity contribution in [3.8, 4) is 44.5 Å². The van der Waals surface area contributed by atoms with Crippen molar-refractivity contribution in [2.75, 3.05) is 4.90 Å². The highest BCUT2D eigenvalue weighted by molar-refractivity contribution is 6.22. The van der Waals surface area contributed by atoms with Gasteiger partial charge in [-0.05, 0) is 103 Å². The van der Waals surface area contributed by atoms with Crippen molar-refractivity contribution in [1.82, 2.24) is 0 Å². The van der Waals surface area contributed by atoms with Crippen LogP contribution in [0.4, 0.5) is 17.1 Å². The van der Waals surface area contributed by atoms with Crippen LogP contribution in [0.1, 0.15) is 62.3 Å². The first-order valence-electron chi connectivity index (χ1n) is 24.9. The Labute approximate surface area is 363 Å². The second-order valence-corrected chi connectivity index (χ2v) is 17.0. The van der Waals surface area contributed by atoms with Crippen LogP contribution in [0.5, 0.6) is 0 Å². The lowest BCUT2D eigenvalue weighted by molar-refractivity contribution is 0.660. The van der Waals surface area contributed by atoms with Gasteiger partial charge in [0.25, 0.3) is 0 Å². The Morgan fingerprint density at radius 3 is 1.58 bits per heavy atom. The zero-order chi connectivity index (χ0) is 48.2. The zero-order valence-electron chi connectivity index (χ0n) is 42.6. The van der Waals surface area contributed by atoms with Crippen LogP contribution >= 0.6 is 0 Å². The standard InChI is InChI=1S/C58H43NO/c1-57(2)49-22-12-10-17-42(49)44-31-29-39(33-51(44)57)59(40-30-32-45-43-18-11-13-23-50(43)58(3,4)52(45)34-40)53-35-48-55-41(38-27-25-37(26-28-38)36-15-6-5-7-16-36)21-14-24-54(55)60-56(48)47-20-9-8-19-46(47)53/h5-35H,1-4H3/i5D,6D,7D,15D,16D,25D,26D,27D,28D. The van der Waals surface area contributed by atoms with E-state index in [1.165, 1.54) is 44.5 Å². The molecule has 2 aliphatic carbocycles. The van der Waals surface area contributed by atoms with Crippen LogP contribution in [0, 0.1) is 0 Å². The SMILES string of the molecule is [2H]c1c([2H])c([2H])c(-c2c([2H])c([2H])c(-c3cccc4oc5c6ccccc6c(N(c6ccc7c(c6)C(C)(C)c6ccccc6-7)c6ccc7c(c6)C(C)(C)c6ccccc6-7)cc5c34)c([2H])c2[2H])c([2H])c1[2H]. The van der Waals surface area contributed by atoms with Crippen molar-refractivity contribution in [1.29, 1.82) is 0 Å². The van der Waals surface area contributed by atoms with E-state index >= 15 is 0 Å². The average Bonchev–Trinajstić information content (AvgIpc) is 3.93. The van der Waals surface area contributed by atoms with Gasteiger partial charge in [0.15, 0.2) is 0 Å². The van der Waals surface area contributed by atoms with Gasteiger partial charge >= 0.3 is 0 Å². The molecule has 12 rings (SSSR count). The third-order valence-electron chi connectivity index (χ3n) is 13.0. The number of anilines is 3. The van der Waals surface area contributed by atoms with Gasteiger partial charge < -0.3 is 9.32 Å². The fourth-order valence-electron chi connectivity index (χ4n) is 10.1. The number of hydrogen-bond donors (Lipinski definition) is 0. The summed E-state index contributed by atoms with van der Waals surface area (Å²) in [5.41, 5.74) is 12.8. The molecule has 1 aromatic heterocycles. The van der Waals surface area contributed by atoms with Crippen molar-refractivity contribution in [2.24, 2.45) is 0 Å².